The third kappa shape index (κ3) is 3.35. The van der Waals surface area contributed by atoms with Gasteiger partial charge in [0.15, 0.2) is 0 Å². The zero-order valence-electron chi connectivity index (χ0n) is 11.6. The maximum Gasteiger partial charge on any atom is 0.0834 e. The van der Waals surface area contributed by atoms with E-state index in [0.29, 0.717) is 5.02 Å². The molecule has 0 saturated heterocycles. The minimum atomic E-state index is -0.0328. The summed E-state index contributed by atoms with van der Waals surface area (Å²) in [5.41, 5.74) is 5.05. The molecule has 0 spiro atoms. The molecule has 0 radical (unpaired) electrons. The Kier molecular flexibility index (Phi) is 5.48. The van der Waals surface area contributed by atoms with Gasteiger partial charge in [0, 0.05) is 17.2 Å². The fourth-order valence-electron chi connectivity index (χ4n) is 2.07. The van der Waals surface area contributed by atoms with E-state index in [1.54, 1.807) is 18.0 Å². The van der Waals surface area contributed by atoms with Gasteiger partial charge in [-0.25, -0.2) is 0 Å². The average molecular weight is 311 g/mol. The summed E-state index contributed by atoms with van der Waals surface area (Å²) in [6.45, 7) is 4.92. The van der Waals surface area contributed by atoms with E-state index < -0.39 is 0 Å². The average Bonchev–Trinajstić information content (AvgIpc) is 2.83. The Morgan fingerprint density at radius 2 is 2.20 bits per heavy atom. The topological polar surface area (TPSA) is 55.9 Å². The lowest BCUT2D eigenvalue weighted by molar-refractivity contribution is 0.528. The molecule has 108 valence electrons. The van der Waals surface area contributed by atoms with Crippen molar-refractivity contribution in [2.24, 2.45) is 5.84 Å². The molecule has 6 heteroatoms. The van der Waals surface area contributed by atoms with E-state index in [1.165, 1.54) is 10.5 Å². The lowest BCUT2D eigenvalue weighted by Crippen LogP contribution is -2.31. The Morgan fingerprint density at radius 3 is 2.85 bits per heavy atom. The summed E-state index contributed by atoms with van der Waals surface area (Å²) in [7, 11) is 0. The quantitative estimate of drug-likeness (QED) is 0.489. The van der Waals surface area contributed by atoms with Crippen molar-refractivity contribution in [3.8, 4) is 0 Å². The van der Waals surface area contributed by atoms with E-state index in [-0.39, 0.29) is 6.04 Å². The molecule has 1 unspecified atom stereocenters. The van der Waals surface area contributed by atoms with Crippen LogP contribution in [0.2, 0.25) is 5.02 Å². The number of halogens is 1. The first-order chi connectivity index (χ1) is 9.67. The molecule has 2 aromatic rings. The molecule has 0 fully saturated rings. The molecule has 0 aliphatic carbocycles. The van der Waals surface area contributed by atoms with Gasteiger partial charge in [-0.05, 0) is 25.5 Å². The second-order valence-corrected chi connectivity index (χ2v) is 5.96. The van der Waals surface area contributed by atoms with Crippen molar-refractivity contribution in [2.45, 2.75) is 31.3 Å². The number of nitrogens with one attached hydrogen (secondary N) is 1. The summed E-state index contributed by atoms with van der Waals surface area (Å²) in [5, 5.41) is 4.91. The summed E-state index contributed by atoms with van der Waals surface area (Å²) < 4.78 is 1.88. The summed E-state index contributed by atoms with van der Waals surface area (Å²) >= 11 is 7.99. The molecule has 1 atom stereocenters. The first-order valence-corrected chi connectivity index (χ1v) is 7.89. The number of hydrazine groups is 1. The van der Waals surface area contributed by atoms with Crippen LogP contribution in [0.3, 0.4) is 0 Å². The number of aromatic nitrogens is 2. The number of rotatable bonds is 6. The number of nitrogens with two attached hydrogens (primary N) is 1. The van der Waals surface area contributed by atoms with Gasteiger partial charge in [-0.3, -0.25) is 16.0 Å². The van der Waals surface area contributed by atoms with E-state index in [1.807, 2.05) is 23.7 Å². The number of thioether (sulfide) groups is 1. The van der Waals surface area contributed by atoms with E-state index >= 15 is 0 Å². The first kappa shape index (κ1) is 15.4. The zero-order chi connectivity index (χ0) is 14.5. The van der Waals surface area contributed by atoms with E-state index in [9.17, 15) is 0 Å². The van der Waals surface area contributed by atoms with Crippen LogP contribution >= 0.6 is 23.4 Å². The Bertz CT molecular complexity index is 570. The van der Waals surface area contributed by atoms with Crippen LogP contribution in [0.5, 0.6) is 0 Å². The van der Waals surface area contributed by atoms with Crippen molar-refractivity contribution in [1.82, 2.24) is 15.2 Å². The largest absolute Gasteiger partial charge is 0.271 e. The van der Waals surface area contributed by atoms with Crippen molar-refractivity contribution in [2.75, 3.05) is 5.75 Å². The Labute approximate surface area is 128 Å². The molecular formula is C14H19ClN4S. The van der Waals surface area contributed by atoms with Gasteiger partial charge < -0.3 is 0 Å². The summed E-state index contributed by atoms with van der Waals surface area (Å²) in [6, 6.07) is 8.28. The number of aryl methyl sites for hydroxylation is 2. The fraction of sp³-hybridized carbons (Fsp3) is 0.357. The van der Waals surface area contributed by atoms with Crippen molar-refractivity contribution >= 4 is 23.4 Å². The van der Waals surface area contributed by atoms with Gasteiger partial charge in [0.2, 0.25) is 0 Å². The molecule has 20 heavy (non-hydrogen) atoms. The van der Waals surface area contributed by atoms with Gasteiger partial charge in [-0.15, -0.1) is 11.8 Å². The highest BCUT2D eigenvalue weighted by molar-refractivity contribution is 7.99. The van der Waals surface area contributed by atoms with E-state index in [2.05, 4.69) is 29.6 Å². The number of hydrogen-bond acceptors (Lipinski definition) is 4. The van der Waals surface area contributed by atoms with Crippen LogP contribution in [0.4, 0.5) is 0 Å². The standard InChI is InChI=1S/C14H19ClN4S/c1-3-19-14(11(15)8-17-19)12(18-16)9-20-13-7-5-4-6-10(13)2/h4-8,12,18H,3,9,16H2,1-2H3. The van der Waals surface area contributed by atoms with Crippen LogP contribution in [0.15, 0.2) is 35.4 Å². The molecule has 4 nitrogen and oxygen atoms in total. The molecule has 2 rings (SSSR count). The Hall–Kier alpha value is -1.01. The third-order valence-electron chi connectivity index (χ3n) is 3.16. The monoisotopic (exact) mass is 310 g/mol. The van der Waals surface area contributed by atoms with Gasteiger partial charge in [0.1, 0.15) is 0 Å². The van der Waals surface area contributed by atoms with Crippen molar-refractivity contribution in [3.05, 3.63) is 46.7 Å². The van der Waals surface area contributed by atoms with E-state index in [4.69, 9.17) is 17.4 Å². The highest BCUT2D eigenvalue weighted by Gasteiger charge is 2.19. The number of hydrogen-bond donors (Lipinski definition) is 2. The van der Waals surface area contributed by atoms with E-state index in [0.717, 1.165) is 18.0 Å². The maximum absolute atomic E-state index is 6.22. The van der Waals surface area contributed by atoms with Crippen molar-refractivity contribution < 1.29 is 0 Å². The van der Waals surface area contributed by atoms with Crippen LogP contribution in [-0.4, -0.2) is 15.5 Å². The van der Waals surface area contributed by atoms with Gasteiger partial charge in [-0.2, -0.15) is 5.10 Å². The molecule has 0 amide bonds. The van der Waals surface area contributed by atoms with Gasteiger partial charge >= 0.3 is 0 Å². The third-order valence-corrected chi connectivity index (χ3v) is 4.72. The molecule has 1 heterocycles. The summed E-state index contributed by atoms with van der Waals surface area (Å²) in [6.07, 6.45) is 1.67. The minimum absolute atomic E-state index is 0.0328. The molecule has 0 saturated carbocycles. The number of benzene rings is 1. The molecule has 3 N–H and O–H groups in total. The predicted molar refractivity (Wildman–Crippen MR) is 84.9 cm³/mol. The maximum atomic E-state index is 6.22. The summed E-state index contributed by atoms with van der Waals surface area (Å²) in [4.78, 5) is 1.26. The highest BCUT2D eigenvalue weighted by Crippen LogP contribution is 2.29. The fourth-order valence-corrected chi connectivity index (χ4v) is 3.41. The lowest BCUT2D eigenvalue weighted by atomic mass is 10.2. The number of nitrogens with zero attached hydrogens (tertiary/aromatic N) is 2. The second-order valence-electron chi connectivity index (χ2n) is 4.49. The Balaban J connectivity index is 2.13. The molecule has 0 aliphatic heterocycles. The highest BCUT2D eigenvalue weighted by atomic mass is 35.5. The minimum Gasteiger partial charge on any atom is -0.271 e. The Morgan fingerprint density at radius 1 is 1.45 bits per heavy atom. The van der Waals surface area contributed by atoms with Crippen LogP contribution < -0.4 is 11.3 Å². The van der Waals surface area contributed by atoms with Gasteiger partial charge in [0.25, 0.3) is 0 Å². The van der Waals surface area contributed by atoms with Crippen molar-refractivity contribution in [1.29, 1.82) is 0 Å². The predicted octanol–water partition coefficient (Wildman–Crippen LogP) is 3.16. The van der Waals surface area contributed by atoms with Crippen molar-refractivity contribution in [3.63, 3.8) is 0 Å². The second kappa shape index (κ2) is 7.13. The summed E-state index contributed by atoms with van der Waals surface area (Å²) in [5.74, 6) is 6.49. The first-order valence-electron chi connectivity index (χ1n) is 6.53. The van der Waals surface area contributed by atoms with Crippen LogP contribution in [0.25, 0.3) is 0 Å². The normalized spacial score (nSPS) is 12.6. The molecule has 1 aromatic carbocycles. The smallest absolute Gasteiger partial charge is 0.0834 e. The van der Waals surface area contributed by atoms with Crippen LogP contribution in [0.1, 0.15) is 24.2 Å². The van der Waals surface area contributed by atoms with Gasteiger partial charge in [-0.1, -0.05) is 29.8 Å². The molecule has 0 aliphatic rings. The lowest BCUT2D eigenvalue weighted by Gasteiger charge is -2.18. The molecule has 1 aromatic heterocycles. The molecular weight excluding hydrogens is 292 g/mol. The SMILES string of the molecule is CCn1ncc(Cl)c1C(CSc1ccccc1C)NN. The van der Waals surface area contributed by atoms with Gasteiger partial charge in [0.05, 0.1) is 23.0 Å². The zero-order valence-corrected chi connectivity index (χ0v) is 13.2. The van der Waals surface area contributed by atoms with Crippen LogP contribution in [0, 0.1) is 6.92 Å². The molecule has 0 bridgehead atoms. The van der Waals surface area contributed by atoms with Crippen LogP contribution in [-0.2, 0) is 6.54 Å².